The van der Waals surface area contributed by atoms with E-state index in [-0.39, 0.29) is 24.0 Å². The minimum absolute atomic E-state index is 0. The standard InChI is InChI=1S/C23H36N6.HI/c1-4-24-23(25-14-11-20-12-15-28(5-2)16-13-20)27(3)18-21-17-26-29(19-21)22-9-7-6-8-10-22;/h6-10,17,19-20H,4-5,11-16,18H2,1-3H3,(H,24,25);1H. The van der Waals surface area contributed by atoms with E-state index < -0.39 is 0 Å². The summed E-state index contributed by atoms with van der Waals surface area (Å²) in [5.74, 6) is 1.80. The fourth-order valence-corrected chi connectivity index (χ4v) is 3.93. The fraction of sp³-hybridized carbons (Fsp3) is 0.565. The Morgan fingerprint density at radius 1 is 1.20 bits per heavy atom. The Bertz CT molecular complexity index is 752. The Kier molecular flexibility index (Phi) is 10.6. The van der Waals surface area contributed by atoms with Gasteiger partial charge in [-0.1, -0.05) is 25.1 Å². The summed E-state index contributed by atoms with van der Waals surface area (Å²) in [4.78, 5) is 9.64. The van der Waals surface area contributed by atoms with Crippen molar-refractivity contribution in [2.75, 3.05) is 39.8 Å². The third-order valence-corrected chi connectivity index (χ3v) is 5.73. The Morgan fingerprint density at radius 3 is 2.60 bits per heavy atom. The molecule has 0 amide bonds. The molecule has 3 rings (SSSR count). The van der Waals surface area contributed by atoms with Gasteiger partial charge in [-0.05, 0) is 63.9 Å². The van der Waals surface area contributed by atoms with Gasteiger partial charge in [-0.3, -0.25) is 4.99 Å². The Morgan fingerprint density at radius 2 is 1.93 bits per heavy atom. The van der Waals surface area contributed by atoms with Gasteiger partial charge >= 0.3 is 0 Å². The van der Waals surface area contributed by atoms with Gasteiger partial charge in [0, 0.05) is 38.4 Å². The third-order valence-electron chi connectivity index (χ3n) is 5.73. The van der Waals surface area contributed by atoms with Crippen LogP contribution in [-0.2, 0) is 6.54 Å². The van der Waals surface area contributed by atoms with Crippen LogP contribution in [0.25, 0.3) is 5.69 Å². The second-order valence-corrected chi connectivity index (χ2v) is 7.89. The van der Waals surface area contributed by atoms with Crippen molar-refractivity contribution < 1.29 is 0 Å². The molecule has 1 saturated heterocycles. The van der Waals surface area contributed by atoms with Crippen LogP contribution in [0.15, 0.2) is 47.7 Å². The van der Waals surface area contributed by atoms with Crippen molar-refractivity contribution in [1.82, 2.24) is 24.9 Å². The smallest absolute Gasteiger partial charge is 0.193 e. The number of aromatic nitrogens is 2. The van der Waals surface area contributed by atoms with Crippen molar-refractivity contribution in [2.24, 2.45) is 10.9 Å². The molecule has 0 aliphatic carbocycles. The molecule has 2 heterocycles. The first-order valence-electron chi connectivity index (χ1n) is 11.0. The van der Waals surface area contributed by atoms with E-state index in [1.165, 1.54) is 44.5 Å². The van der Waals surface area contributed by atoms with Gasteiger partial charge in [0.2, 0.25) is 0 Å². The molecular formula is C23H37IN6. The quantitative estimate of drug-likeness (QED) is 0.322. The monoisotopic (exact) mass is 524 g/mol. The number of likely N-dealkylation sites (tertiary alicyclic amines) is 1. The lowest BCUT2D eigenvalue weighted by Gasteiger charge is -2.30. The average Bonchev–Trinajstić information content (AvgIpc) is 3.22. The molecule has 1 aliphatic rings. The molecule has 0 atom stereocenters. The lowest BCUT2D eigenvalue weighted by molar-refractivity contribution is 0.188. The number of hydrogen-bond donors (Lipinski definition) is 1. The molecule has 0 unspecified atom stereocenters. The average molecular weight is 524 g/mol. The van der Waals surface area contributed by atoms with Crippen LogP contribution in [-0.4, -0.2) is 65.3 Å². The predicted octanol–water partition coefficient (Wildman–Crippen LogP) is 4.01. The molecule has 6 nitrogen and oxygen atoms in total. The van der Waals surface area contributed by atoms with Gasteiger partial charge in [0.15, 0.2) is 5.96 Å². The highest BCUT2D eigenvalue weighted by atomic mass is 127. The van der Waals surface area contributed by atoms with Crippen LogP contribution in [0.2, 0.25) is 0 Å². The van der Waals surface area contributed by atoms with E-state index in [0.717, 1.165) is 37.2 Å². The number of guanidine groups is 1. The maximum Gasteiger partial charge on any atom is 0.193 e. The third kappa shape index (κ3) is 7.27. The molecule has 7 heteroatoms. The molecule has 30 heavy (non-hydrogen) atoms. The van der Waals surface area contributed by atoms with Gasteiger partial charge in [-0.15, -0.1) is 24.0 Å². The van der Waals surface area contributed by atoms with E-state index in [9.17, 15) is 0 Å². The number of nitrogens with zero attached hydrogens (tertiary/aromatic N) is 5. The lowest BCUT2D eigenvalue weighted by Crippen LogP contribution is -2.38. The number of piperidine rings is 1. The largest absolute Gasteiger partial charge is 0.357 e. The summed E-state index contributed by atoms with van der Waals surface area (Å²) in [6, 6.07) is 10.2. The van der Waals surface area contributed by atoms with Gasteiger partial charge in [-0.2, -0.15) is 5.10 Å². The second-order valence-electron chi connectivity index (χ2n) is 7.89. The summed E-state index contributed by atoms with van der Waals surface area (Å²) in [6.07, 6.45) is 7.85. The van der Waals surface area contributed by atoms with Crippen LogP contribution < -0.4 is 5.32 Å². The van der Waals surface area contributed by atoms with Crippen molar-refractivity contribution in [3.05, 3.63) is 48.3 Å². The Hall–Kier alpha value is -1.61. The van der Waals surface area contributed by atoms with E-state index in [1.54, 1.807) is 0 Å². The summed E-state index contributed by atoms with van der Waals surface area (Å²) >= 11 is 0. The van der Waals surface area contributed by atoms with E-state index in [4.69, 9.17) is 4.99 Å². The van der Waals surface area contributed by atoms with E-state index in [2.05, 4.69) is 59.4 Å². The van der Waals surface area contributed by atoms with Crippen LogP contribution in [0.1, 0.15) is 38.7 Å². The van der Waals surface area contributed by atoms with Crippen LogP contribution in [0, 0.1) is 5.92 Å². The van der Waals surface area contributed by atoms with Crippen molar-refractivity contribution in [3.8, 4) is 5.69 Å². The number of benzene rings is 1. The van der Waals surface area contributed by atoms with Crippen LogP contribution in [0.5, 0.6) is 0 Å². The minimum Gasteiger partial charge on any atom is -0.357 e. The van der Waals surface area contributed by atoms with Gasteiger partial charge in [0.1, 0.15) is 0 Å². The van der Waals surface area contributed by atoms with Crippen molar-refractivity contribution in [3.63, 3.8) is 0 Å². The molecule has 0 radical (unpaired) electrons. The summed E-state index contributed by atoms with van der Waals surface area (Å²) in [7, 11) is 2.10. The normalized spacial score (nSPS) is 15.6. The van der Waals surface area contributed by atoms with E-state index >= 15 is 0 Å². The zero-order valence-electron chi connectivity index (χ0n) is 18.6. The number of nitrogens with one attached hydrogen (secondary N) is 1. The van der Waals surface area contributed by atoms with Gasteiger partial charge in [-0.25, -0.2) is 4.68 Å². The highest BCUT2D eigenvalue weighted by Gasteiger charge is 2.17. The molecule has 1 N–H and O–H groups in total. The number of para-hydroxylation sites is 1. The molecule has 0 spiro atoms. The van der Waals surface area contributed by atoms with Gasteiger partial charge < -0.3 is 15.1 Å². The Balaban J connectivity index is 0.00000320. The molecule has 2 aromatic rings. The van der Waals surface area contributed by atoms with E-state index in [0.29, 0.717) is 0 Å². The number of halogens is 1. The minimum atomic E-state index is 0. The number of aliphatic imine (C=N–C) groups is 1. The Labute approximate surface area is 198 Å². The van der Waals surface area contributed by atoms with Crippen molar-refractivity contribution in [2.45, 2.75) is 39.7 Å². The van der Waals surface area contributed by atoms with E-state index in [1.807, 2.05) is 29.1 Å². The summed E-state index contributed by atoms with van der Waals surface area (Å²) < 4.78 is 1.93. The molecule has 1 aromatic heterocycles. The van der Waals surface area contributed by atoms with Crippen LogP contribution in [0.3, 0.4) is 0 Å². The summed E-state index contributed by atoms with van der Waals surface area (Å²) in [5.41, 5.74) is 2.25. The zero-order valence-corrected chi connectivity index (χ0v) is 21.0. The molecule has 0 bridgehead atoms. The molecule has 0 saturated carbocycles. The highest BCUT2D eigenvalue weighted by Crippen LogP contribution is 2.20. The maximum absolute atomic E-state index is 4.90. The summed E-state index contributed by atoms with van der Waals surface area (Å²) in [6.45, 7) is 10.6. The first kappa shape index (κ1) is 24.7. The number of hydrogen-bond acceptors (Lipinski definition) is 3. The molecule has 1 aromatic carbocycles. The fourth-order valence-electron chi connectivity index (χ4n) is 3.93. The van der Waals surface area contributed by atoms with Crippen LogP contribution >= 0.6 is 24.0 Å². The predicted molar refractivity (Wildman–Crippen MR) is 136 cm³/mol. The molecule has 1 fully saturated rings. The zero-order chi connectivity index (χ0) is 20.5. The first-order chi connectivity index (χ1) is 14.2. The molecule has 1 aliphatic heterocycles. The lowest BCUT2D eigenvalue weighted by atomic mass is 9.94. The second kappa shape index (κ2) is 12.9. The van der Waals surface area contributed by atoms with Crippen molar-refractivity contribution in [1.29, 1.82) is 0 Å². The highest BCUT2D eigenvalue weighted by molar-refractivity contribution is 14.0. The van der Waals surface area contributed by atoms with Crippen molar-refractivity contribution >= 4 is 29.9 Å². The number of rotatable bonds is 8. The SMILES string of the molecule is CCNC(=NCCC1CCN(CC)CC1)N(C)Cc1cnn(-c2ccccc2)c1.I. The van der Waals surface area contributed by atoms with Gasteiger partial charge in [0.05, 0.1) is 11.9 Å². The first-order valence-corrected chi connectivity index (χ1v) is 11.0. The molecular weight excluding hydrogens is 487 g/mol. The topological polar surface area (TPSA) is 48.7 Å². The maximum atomic E-state index is 4.90. The summed E-state index contributed by atoms with van der Waals surface area (Å²) in [5, 5.41) is 7.94. The van der Waals surface area contributed by atoms with Crippen LogP contribution in [0.4, 0.5) is 0 Å². The van der Waals surface area contributed by atoms with Gasteiger partial charge in [0.25, 0.3) is 0 Å². The molecule has 166 valence electrons.